The lowest BCUT2D eigenvalue weighted by molar-refractivity contribution is -0.112. The Bertz CT molecular complexity index is 807. The minimum atomic E-state index is -0.524. The van der Waals surface area contributed by atoms with Crippen molar-refractivity contribution in [3.8, 4) is 11.1 Å². The molecule has 0 aromatic heterocycles. The van der Waals surface area contributed by atoms with Gasteiger partial charge in [-0.2, -0.15) is 0 Å². The molecule has 0 unspecified atom stereocenters. The number of anilines is 1. The summed E-state index contributed by atoms with van der Waals surface area (Å²) in [4.78, 5) is 23.8. The van der Waals surface area contributed by atoms with E-state index in [-0.39, 0.29) is 0 Å². The van der Waals surface area contributed by atoms with E-state index in [1.807, 2.05) is 6.07 Å². The highest BCUT2D eigenvalue weighted by Gasteiger charge is 2.33. The Morgan fingerprint density at radius 1 is 1.00 bits per heavy atom. The summed E-state index contributed by atoms with van der Waals surface area (Å²) in [6.07, 6.45) is 0.899. The first-order chi connectivity index (χ1) is 10.6. The van der Waals surface area contributed by atoms with Crippen molar-refractivity contribution in [1.82, 2.24) is 5.32 Å². The van der Waals surface area contributed by atoms with Crippen molar-refractivity contribution < 1.29 is 9.59 Å². The van der Waals surface area contributed by atoms with Crippen molar-refractivity contribution in [2.75, 3.05) is 11.9 Å². The van der Waals surface area contributed by atoms with Gasteiger partial charge in [-0.3, -0.25) is 9.59 Å². The standard InChI is InChI=1S/C18H16N2O2/c1-10-2-4-11(5-3-10)13-8-14-16(20-18(22)17(14)21)15-9-19-7-6-12(13)15/h2-5,8,19H,6-7,9H2,1H3,(H,20,21,22). The number of aryl methyl sites for hydroxylation is 1. The third-order valence-electron chi connectivity index (χ3n) is 4.45. The van der Waals surface area contributed by atoms with Gasteiger partial charge >= 0.3 is 0 Å². The monoisotopic (exact) mass is 292 g/mol. The number of carbonyl (C=O) groups excluding carboxylic acids is 2. The van der Waals surface area contributed by atoms with Gasteiger partial charge in [0.05, 0.1) is 11.3 Å². The summed E-state index contributed by atoms with van der Waals surface area (Å²) in [5.41, 5.74) is 6.86. The molecule has 2 aromatic rings. The number of nitrogens with one attached hydrogen (secondary N) is 2. The largest absolute Gasteiger partial charge is 0.318 e. The molecule has 22 heavy (non-hydrogen) atoms. The van der Waals surface area contributed by atoms with Crippen molar-refractivity contribution in [2.24, 2.45) is 0 Å². The molecule has 0 saturated heterocycles. The SMILES string of the molecule is Cc1ccc(-c2cc3c(c4c2CCNC4)NC(=O)C3=O)cc1. The normalized spacial score (nSPS) is 16.2. The number of ketones is 1. The highest BCUT2D eigenvalue weighted by Crippen LogP contribution is 2.38. The van der Waals surface area contributed by atoms with E-state index in [2.05, 4.69) is 41.8 Å². The average Bonchev–Trinajstić information content (AvgIpc) is 2.83. The maximum atomic E-state index is 12.1. The second-order valence-corrected chi connectivity index (χ2v) is 5.88. The lowest BCUT2D eigenvalue weighted by Crippen LogP contribution is -2.25. The smallest absolute Gasteiger partial charge is 0.296 e. The number of benzene rings is 2. The molecule has 0 radical (unpaired) electrons. The minimum Gasteiger partial charge on any atom is -0.318 e. The highest BCUT2D eigenvalue weighted by molar-refractivity contribution is 6.52. The van der Waals surface area contributed by atoms with Gasteiger partial charge in [0.25, 0.3) is 11.7 Å². The summed E-state index contributed by atoms with van der Waals surface area (Å²) in [5.74, 6) is -0.958. The Hall–Kier alpha value is -2.46. The van der Waals surface area contributed by atoms with Crippen LogP contribution in [0.15, 0.2) is 30.3 Å². The molecule has 0 atom stereocenters. The predicted octanol–water partition coefficient (Wildman–Crippen LogP) is 2.44. The van der Waals surface area contributed by atoms with E-state index in [1.54, 1.807) is 0 Å². The Labute approximate surface area is 128 Å². The predicted molar refractivity (Wildman–Crippen MR) is 85.0 cm³/mol. The second-order valence-electron chi connectivity index (χ2n) is 5.88. The quantitative estimate of drug-likeness (QED) is 0.794. The van der Waals surface area contributed by atoms with Gasteiger partial charge in [0.1, 0.15) is 0 Å². The van der Waals surface area contributed by atoms with Crippen LogP contribution >= 0.6 is 0 Å². The van der Waals surface area contributed by atoms with Crippen LogP contribution in [0.4, 0.5) is 5.69 Å². The molecule has 2 heterocycles. The van der Waals surface area contributed by atoms with E-state index >= 15 is 0 Å². The van der Waals surface area contributed by atoms with Crippen molar-refractivity contribution in [2.45, 2.75) is 19.9 Å². The summed E-state index contributed by atoms with van der Waals surface area (Å²) in [6.45, 7) is 3.65. The van der Waals surface area contributed by atoms with E-state index in [0.717, 1.165) is 29.7 Å². The third-order valence-corrected chi connectivity index (χ3v) is 4.45. The van der Waals surface area contributed by atoms with Gasteiger partial charge in [-0.15, -0.1) is 0 Å². The topological polar surface area (TPSA) is 58.2 Å². The van der Waals surface area contributed by atoms with Gasteiger partial charge in [-0.05, 0) is 48.2 Å². The number of rotatable bonds is 1. The van der Waals surface area contributed by atoms with Crippen LogP contribution < -0.4 is 10.6 Å². The fraction of sp³-hybridized carbons (Fsp3) is 0.222. The summed E-state index contributed by atoms with van der Waals surface area (Å²) in [5, 5.41) is 6.06. The summed E-state index contributed by atoms with van der Waals surface area (Å²) < 4.78 is 0. The van der Waals surface area contributed by atoms with E-state index in [1.165, 1.54) is 11.1 Å². The lowest BCUT2D eigenvalue weighted by Gasteiger charge is -2.23. The van der Waals surface area contributed by atoms with Crippen LogP contribution in [-0.4, -0.2) is 18.2 Å². The van der Waals surface area contributed by atoms with Crippen molar-refractivity contribution in [3.05, 3.63) is 52.6 Å². The Morgan fingerprint density at radius 3 is 2.55 bits per heavy atom. The van der Waals surface area contributed by atoms with Gasteiger partial charge in [0.15, 0.2) is 0 Å². The van der Waals surface area contributed by atoms with Gasteiger partial charge in [-0.25, -0.2) is 0 Å². The van der Waals surface area contributed by atoms with Crippen LogP contribution in [0.2, 0.25) is 0 Å². The molecule has 0 bridgehead atoms. The first kappa shape index (κ1) is 13.2. The Balaban J connectivity index is 1.98. The van der Waals surface area contributed by atoms with Crippen molar-refractivity contribution in [3.63, 3.8) is 0 Å². The first-order valence-electron chi connectivity index (χ1n) is 7.47. The molecule has 0 aliphatic carbocycles. The van der Waals surface area contributed by atoms with Crippen molar-refractivity contribution >= 4 is 17.4 Å². The van der Waals surface area contributed by atoms with Crippen LogP contribution in [0.5, 0.6) is 0 Å². The first-order valence-corrected chi connectivity index (χ1v) is 7.47. The molecule has 2 aromatic carbocycles. The summed E-state index contributed by atoms with van der Waals surface area (Å²) in [6, 6.07) is 10.2. The van der Waals surface area contributed by atoms with Gasteiger partial charge < -0.3 is 10.6 Å². The molecule has 0 spiro atoms. The number of fused-ring (bicyclic) bond motifs is 3. The average molecular weight is 292 g/mol. The molecule has 2 aliphatic rings. The molecule has 2 N–H and O–H groups in total. The lowest BCUT2D eigenvalue weighted by atomic mass is 9.87. The Kier molecular flexibility index (Phi) is 2.87. The van der Waals surface area contributed by atoms with Crippen LogP contribution in [-0.2, 0) is 17.8 Å². The maximum absolute atomic E-state index is 12.1. The van der Waals surface area contributed by atoms with E-state index < -0.39 is 11.7 Å². The maximum Gasteiger partial charge on any atom is 0.296 e. The third kappa shape index (κ3) is 1.88. The molecule has 4 nitrogen and oxygen atoms in total. The van der Waals surface area contributed by atoms with Crippen molar-refractivity contribution in [1.29, 1.82) is 0 Å². The fourth-order valence-corrected chi connectivity index (χ4v) is 3.29. The van der Waals surface area contributed by atoms with E-state index in [4.69, 9.17) is 0 Å². The number of hydrogen-bond acceptors (Lipinski definition) is 3. The molecule has 0 saturated carbocycles. The van der Waals surface area contributed by atoms with Gasteiger partial charge in [-0.1, -0.05) is 29.8 Å². The minimum absolute atomic E-state index is 0.434. The zero-order valence-electron chi connectivity index (χ0n) is 12.3. The summed E-state index contributed by atoms with van der Waals surface area (Å²) >= 11 is 0. The van der Waals surface area contributed by atoms with Gasteiger partial charge in [0, 0.05) is 6.54 Å². The van der Waals surface area contributed by atoms with Crippen LogP contribution in [0.25, 0.3) is 11.1 Å². The van der Waals surface area contributed by atoms with Gasteiger partial charge in [0.2, 0.25) is 0 Å². The Morgan fingerprint density at radius 2 is 1.77 bits per heavy atom. The van der Waals surface area contributed by atoms with Crippen LogP contribution in [0, 0.1) is 6.92 Å². The van der Waals surface area contributed by atoms with E-state index in [0.29, 0.717) is 17.8 Å². The number of carbonyl (C=O) groups is 2. The molecule has 1 amide bonds. The molecular weight excluding hydrogens is 276 g/mol. The zero-order valence-corrected chi connectivity index (χ0v) is 12.3. The van der Waals surface area contributed by atoms with E-state index in [9.17, 15) is 9.59 Å². The van der Waals surface area contributed by atoms with Crippen LogP contribution in [0.1, 0.15) is 27.0 Å². The second kappa shape index (κ2) is 4.78. The zero-order chi connectivity index (χ0) is 15.3. The molecule has 0 fully saturated rings. The molecule has 2 aliphatic heterocycles. The molecule has 4 rings (SSSR count). The number of amides is 1. The highest BCUT2D eigenvalue weighted by atomic mass is 16.2. The van der Waals surface area contributed by atoms with Crippen LogP contribution in [0.3, 0.4) is 0 Å². The molecular formula is C18H16N2O2. The number of Topliss-reactive ketones (excluding diaryl/α,β-unsaturated/α-hetero) is 1. The molecule has 4 heteroatoms. The summed E-state index contributed by atoms with van der Waals surface area (Å²) in [7, 11) is 0. The fourth-order valence-electron chi connectivity index (χ4n) is 3.29. The number of hydrogen-bond donors (Lipinski definition) is 2. The molecule has 110 valence electrons.